The van der Waals surface area contributed by atoms with Crippen LogP contribution in [0.3, 0.4) is 0 Å². The maximum absolute atomic E-state index is 5.77. The van der Waals surface area contributed by atoms with E-state index in [9.17, 15) is 0 Å². The van der Waals surface area contributed by atoms with E-state index in [1.54, 1.807) is 0 Å². The lowest BCUT2D eigenvalue weighted by atomic mass is 9.82. The predicted octanol–water partition coefficient (Wildman–Crippen LogP) is 2.56. The molecule has 0 bridgehead atoms. The maximum Gasteiger partial charge on any atom is 0.0124 e. The Kier molecular flexibility index (Phi) is 6.79. The zero-order valence-electron chi connectivity index (χ0n) is 13.7. The molecule has 0 aromatic heterocycles. The summed E-state index contributed by atoms with van der Waals surface area (Å²) in [4.78, 5) is 5.46. The van der Waals surface area contributed by atoms with E-state index in [0.717, 1.165) is 18.5 Å². The molecular formula is C17H35N3. The summed E-state index contributed by atoms with van der Waals surface area (Å²) in [6.45, 7) is 11.8. The third-order valence-electron chi connectivity index (χ3n) is 5.46. The molecule has 2 fully saturated rings. The first kappa shape index (κ1) is 16.3. The molecule has 2 N–H and O–H groups in total. The molecule has 3 unspecified atom stereocenters. The van der Waals surface area contributed by atoms with Crippen molar-refractivity contribution in [3.63, 3.8) is 0 Å². The Morgan fingerprint density at radius 3 is 2.60 bits per heavy atom. The van der Waals surface area contributed by atoms with Gasteiger partial charge in [-0.25, -0.2) is 0 Å². The first-order valence-electron chi connectivity index (χ1n) is 8.91. The highest BCUT2D eigenvalue weighted by Crippen LogP contribution is 2.31. The number of rotatable bonds is 5. The molecule has 1 aliphatic carbocycles. The molecule has 3 atom stereocenters. The Morgan fingerprint density at radius 1 is 1.05 bits per heavy atom. The van der Waals surface area contributed by atoms with E-state index < -0.39 is 0 Å². The summed E-state index contributed by atoms with van der Waals surface area (Å²) in [5.74, 6) is 1.60. The summed E-state index contributed by atoms with van der Waals surface area (Å²) in [6, 6.07) is 0.876. The average Bonchev–Trinajstić information content (AvgIpc) is 2.72. The van der Waals surface area contributed by atoms with Crippen LogP contribution >= 0.6 is 0 Å². The first-order chi connectivity index (χ1) is 9.74. The second-order valence-electron chi connectivity index (χ2n) is 7.05. The van der Waals surface area contributed by atoms with Crippen molar-refractivity contribution in [3.05, 3.63) is 0 Å². The molecule has 3 heteroatoms. The van der Waals surface area contributed by atoms with Crippen LogP contribution in [-0.2, 0) is 0 Å². The molecule has 1 aliphatic heterocycles. The first-order valence-corrected chi connectivity index (χ1v) is 8.91. The Balaban J connectivity index is 1.85. The molecule has 0 amide bonds. The van der Waals surface area contributed by atoms with Crippen LogP contribution in [0.25, 0.3) is 0 Å². The summed E-state index contributed by atoms with van der Waals surface area (Å²) < 4.78 is 0. The zero-order valence-corrected chi connectivity index (χ0v) is 13.7. The lowest BCUT2D eigenvalue weighted by molar-refractivity contribution is 0.103. The van der Waals surface area contributed by atoms with Gasteiger partial charge in [0, 0.05) is 25.7 Å². The summed E-state index contributed by atoms with van der Waals surface area (Å²) >= 11 is 0. The molecule has 0 radical (unpaired) electrons. The van der Waals surface area contributed by atoms with Crippen LogP contribution in [0.2, 0.25) is 0 Å². The van der Waals surface area contributed by atoms with Crippen LogP contribution < -0.4 is 5.73 Å². The van der Waals surface area contributed by atoms with Gasteiger partial charge in [-0.1, -0.05) is 33.1 Å². The van der Waals surface area contributed by atoms with Crippen LogP contribution in [0.15, 0.2) is 0 Å². The minimum atomic E-state index is 0.639. The Hall–Kier alpha value is -0.120. The second kappa shape index (κ2) is 8.35. The van der Waals surface area contributed by atoms with Gasteiger partial charge >= 0.3 is 0 Å². The predicted molar refractivity (Wildman–Crippen MR) is 86.9 cm³/mol. The summed E-state index contributed by atoms with van der Waals surface area (Å²) in [7, 11) is 0. The smallest absolute Gasteiger partial charge is 0.0124 e. The molecule has 0 aromatic rings. The summed E-state index contributed by atoms with van der Waals surface area (Å²) in [6.07, 6.45) is 8.52. The lowest BCUT2D eigenvalue weighted by Gasteiger charge is -2.39. The quantitative estimate of drug-likeness (QED) is 0.840. The molecule has 3 nitrogen and oxygen atoms in total. The van der Waals surface area contributed by atoms with E-state index in [2.05, 4.69) is 23.6 Å². The van der Waals surface area contributed by atoms with Gasteiger partial charge < -0.3 is 10.6 Å². The number of hydrogen-bond acceptors (Lipinski definition) is 3. The van der Waals surface area contributed by atoms with Crippen LogP contribution in [0.4, 0.5) is 0 Å². The van der Waals surface area contributed by atoms with Crippen LogP contribution in [0, 0.1) is 11.8 Å². The Labute approximate surface area is 125 Å². The molecular weight excluding hydrogens is 246 g/mol. The van der Waals surface area contributed by atoms with Crippen molar-refractivity contribution in [2.45, 2.75) is 58.4 Å². The van der Waals surface area contributed by atoms with Gasteiger partial charge in [0.05, 0.1) is 0 Å². The van der Waals surface area contributed by atoms with Gasteiger partial charge in [0.2, 0.25) is 0 Å². The summed E-state index contributed by atoms with van der Waals surface area (Å²) in [5.41, 5.74) is 5.77. The standard InChI is InChI=1S/C17H35N3/c1-3-16-7-4-5-8-17(16)20-10-6-9-19(11-12-20)14-15(2)13-18/h15-17H,3-14,18H2,1-2H3. The molecule has 2 aliphatic rings. The van der Waals surface area contributed by atoms with Crippen molar-refractivity contribution in [2.75, 3.05) is 39.3 Å². The SMILES string of the molecule is CCC1CCCCC1N1CCCN(CC(C)CN)CC1. The van der Waals surface area contributed by atoms with Gasteiger partial charge in [-0.3, -0.25) is 4.90 Å². The highest BCUT2D eigenvalue weighted by atomic mass is 15.2. The largest absolute Gasteiger partial charge is 0.330 e. The Morgan fingerprint density at radius 2 is 1.85 bits per heavy atom. The zero-order chi connectivity index (χ0) is 14.4. The normalized spacial score (nSPS) is 31.9. The van der Waals surface area contributed by atoms with Gasteiger partial charge in [-0.05, 0) is 50.7 Å². The number of nitrogens with two attached hydrogens (primary N) is 1. The van der Waals surface area contributed by atoms with Gasteiger partial charge in [-0.15, -0.1) is 0 Å². The van der Waals surface area contributed by atoms with Gasteiger partial charge in [0.15, 0.2) is 0 Å². The van der Waals surface area contributed by atoms with E-state index in [1.807, 2.05) is 0 Å². The molecule has 20 heavy (non-hydrogen) atoms. The topological polar surface area (TPSA) is 32.5 Å². The second-order valence-corrected chi connectivity index (χ2v) is 7.05. The highest BCUT2D eigenvalue weighted by Gasteiger charge is 2.30. The lowest BCUT2D eigenvalue weighted by Crippen LogP contribution is -2.44. The van der Waals surface area contributed by atoms with Crippen molar-refractivity contribution >= 4 is 0 Å². The van der Waals surface area contributed by atoms with Crippen molar-refractivity contribution in [1.29, 1.82) is 0 Å². The summed E-state index contributed by atoms with van der Waals surface area (Å²) in [5, 5.41) is 0. The van der Waals surface area contributed by atoms with Crippen LogP contribution in [0.1, 0.15) is 52.4 Å². The van der Waals surface area contributed by atoms with E-state index >= 15 is 0 Å². The van der Waals surface area contributed by atoms with Crippen molar-refractivity contribution in [1.82, 2.24) is 9.80 Å². The molecule has 0 aromatic carbocycles. The number of nitrogens with zero attached hydrogens (tertiary/aromatic N) is 2. The van der Waals surface area contributed by atoms with Crippen molar-refractivity contribution < 1.29 is 0 Å². The third-order valence-corrected chi connectivity index (χ3v) is 5.46. The molecule has 1 saturated carbocycles. The fourth-order valence-electron chi connectivity index (χ4n) is 4.17. The fraction of sp³-hybridized carbons (Fsp3) is 1.00. The van der Waals surface area contributed by atoms with Crippen LogP contribution in [0.5, 0.6) is 0 Å². The third kappa shape index (κ3) is 4.44. The van der Waals surface area contributed by atoms with Gasteiger partial charge in [0.25, 0.3) is 0 Å². The van der Waals surface area contributed by atoms with E-state index in [4.69, 9.17) is 5.73 Å². The van der Waals surface area contributed by atoms with Crippen LogP contribution in [-0.4, -0.2) is 55.1 Å². The molecule has 1 heterocycles. The molecule has 2 rings (SSSR count). The van der Waals surface area contributed by atoms with E-state index in [-0.39, 0.29) is 0 Å². The molecule has 1 saturated heterocycles. The average molecular weight is 281 g/mol. The number of hydrogen-bond donors (Lipinski definition) is 1. The fourth-order valence-corrected chi connectivity index (χ4v) is 4.17. The molecule has 0 spiro atoms. The Bertz CT molecular complexity index is 269. The monoisotopic (exact) mass is 281 g/mol. The maximum atomic E-state index is 5.77. The van der Waals surface area contributed by atoms with Crippen molar-refractivity contribution in [3.8, 4) is 0 Å². The minimum Gasteiger partial charge on any atom is -0.330 e. The van der Waals surface area contributed by atoms with Gasteiger partial charge in [0.1, 0.15) is 0 Å². The van der Waals surface area contributed by atoms with E-state index in [0.29, 0.717) is 5.92 Å². The van der Waals surface area contributed by atoms with Crippen molar-refractivity contribution in [2.24, 2.45) is 17.6 Å². The van der Waals surface area contributed by atoms with E-state index in [1.165, 1.54) is 71.2 Å². The molecule has 118 valence electrons. The highest BCUT2D eigenvalue weighted by molar-refractivity contribution is 4.85. The van der Waals surface area contributed by atoms with Gasteiger partial charge in [-0.2, -0.15) is 0 Å². The minimum absolute atomic E-state index is 0.639.